The van der Waals surface area contributed by atoms with Crippen molar-refractivity contribution in [1.82, 2.24) is 0 Å². The van der Waals surface area contributed by atoms with Crippen LogP contribution in [0, 0.1) is 0 Å². The van der Waals surface area contributed by atoms with Gasteiger partial charge in [0, 0.05) is 0 Å². The van der Waals surface area contributed by atoms with E-state index in [0.717, 1.165) is 5.46 Å². The maximum absolute atomic E-state index is 12.2. The van der Waals surface area contributed by atoms with Gasteiger partial charge in [0.2, 0.25) is 0 Å². The zero-order valence-electron chi connectivity index (χ0n) is 13.9. The van der Waals surface area contributed by atoms with Gasteiger partial charge in [0.15, 0.2) is 0 Å². The predicted molar refractivity (Wildman–Crippen MR) is 85.5 cm³/mol. The van der Waals surface area contributed by atoms with Crippen molar-refractivity contribution in [2.45, 2.75) is 57.7 Å². The minimum absolute atomic E-state index is 0.341. The molecule has 1 aliphatic heterocycles. The van der Waals surface area contributed by atoms with Gasteiger partial charge in [-0.1, -0.05) is 12.1 Å². The fraction of sp³-hybridized carbons (Fsp3) is 0.588. The molecule has 118 valence electrons. The summed E-state index contributed by atoms with van der Waals surface area (Å²) in [6, 6.07) is 5.95. The van der Waals surface area contributed by atoms with Gasteiger partial charge in [-0.05, 0) is 63.5 Å². The molecule has 0 aromatic heterocycles. The third-order valence-electron chi connectivity index (χ3n) is 5.04. The standard InChI is InChI=1S/C17H23BO4/c1-16(2)17(3,4)22-18(21-16)14-9-8-12(11-6-7-11)10-13(14)15(19)20-5/h8-11H,6-7H2,1-5H3. The summed E-state index contributed by atoms with van der Waals surface area (Å²) in [6.45, 7) is 8.01. The lowest BCUT2D eigenvalue weighted by Crippen LogP contribution is -2.41. The first-order chi connectivity index (χ1) is 10.2. The molecular formula is C17H23BO4. The maximum atomic E-state index is 12.2. The lowest BCUT2D eigenvalue weighted by atomic mass is 9.75. The summed E-state index contributed by atoms with van der Waals surface area (Å²) in [5.74, 6) is 0.239. The van der Waals surface area contributed by atoms with Crippen molar-refractivity contribution in [2.75, 3.05) is 7.11 Å². The van der Waals surface area contributed by atoms with Crippen molar-refractivity contribution in [3.05, 3.63) is 29.3 Å². The second-order valence-electron chi connectivity index (χ2n) is 7.20. The average Bonchev–Trinajstić information content (AvgIpc) is 3.26. The van der Waals surface area contributed by atoms with Gasteiger partial charge < -0.3 is 14.0 Å². The van der Waals surface area contributed by atoms with Crippen LogP contribution in [0.1, 0.15) is 62.4 Å². The Labute approximate surface area is 132 Å². The summed E-state index contributed by atoms with van der Waals surface area (Å²) in [6.07, 6.45) is 2.38. The molecule has 0 radical (unpaired) electrons. The number of hydrogen-bond donors (Lipinski definition) is 0. The van der Waals surface area contributed by atoms with Gasteiger partial charge in [0.1, 0.15) is 0 Å². The maximum Gasteiger partial charge on any atom is 0.495 e. The zero-order chi connectivity index (χ0) is 16.1. The predicted octanol–water partition coefficient (Wildman–Crippen LogP) is 2.65. The van der Waals surface area contributed by atoms with Gasteiger partial charge in [0.25, 0.3) is 0 Å². The average molecular weight is 302 g/mol. The van der Waals surface area contributed by atoms with Gasteiger partial charge >= 0.3 is 13.1 Å². The quantitative estimate of drug-likeness (QED) is 0.636. The molecule has 3 rings (SSSR count). The fourth-order valence-electron chi connectivity index (χ4n) is 2.71. The van der Waals surface area contributed by atoms with Crippen LogP contribution in [0.15, 0.2) is 18.2 Å². The highest BCUT2D eigenvalue weighted by atomic mass is 16.7. The van der Waals surface area contributed by atoms with Crippen molar-refractivity contribution in [3.63, 3.8) is 0 Å². The first-order valence-electron chi connectivity index (χ1n) is 7.83. The van der Waals surface area contributed by atoms with Gasteiger partial charge in [-0.2, -0.15) is 0 Å². The van der Waals surface area contributed by atoms with Crippen LogP contribution in [0.4, 0.5) is 0 Å². The van der Waals surface area contributed by atoms with Crippen molar-refractivity contribution in [3.8, 4) is 0 Å². The number of methoxy groups -OCH3 is 1. The van der Waals surface area contributed by atoms with Gasteiger partial charge in [0.05, 0.1) is 23.9 Å². The molecule has 4 nitrogen and oxygen atoms in total. The molecule has 22 heavy (non-hydrogen) atoms. The smallest absolute Gasteiger partial charge is 0.465 e. The molecule has 1 aromatic carbocycles. The Morgan fingerprint density at radius 1 is 1.18 bits per heavy atom. The molecule has 1 saturated heterocycles. The van der Waals surface area contributed by atoms with E-state index in [9.17, 15) is 4.79 Å². The molecular weight excluding hydrogens is 279 g/mol. The topological polar surface area (TPSA) is 44.8 Å². The Balaban J connectivity index is 1.98. The molecule has 0 atom stereocenters. The van der Waals surface area contributed by atoms with Gasteiger partial charge in [-0.25, -0.2) is 4.79 Å². The largest absolute Gasteiger partial charge is 0.495 e. The SMILES string of the molecule is COC(=O)c1cc(C2CC2)ccc1B1OC(C)(C)C(C)(C)O1. The molecule has 0 spiro atoms. The van der Waals surface area contributed by atoms with Crippen LogP contribution in [0.25, 0.3) is 0 Å². The van der Waals surface area contributed by atoms with E-state index in [1.54, 1.807) is 0 Å². The normalized spacial score (nSPS) is 22.7. The van der Waals surface area contributed by atoms with Gasteiger partial charge in [-0.3, -0.25) is 0 Å². The lowest BCUT2D eigenvalue weighted by Gasteiger charge is -2.32. The van der Waals surface area contributed by atoms with Crippen molar-refractivity contribution >= 4 is 18.6 Å². The molecule has 1 heterocycles. The van der Waals surface area contributed by atoms with Crippen LogP contribution in [0.2, 0.25) is 0 Å². The van der Waals surface area contributed by atoms with E-state index >= 15 is 0 Å². The molecule has 0 unspecified atom stereocenters. The molecule has 0 amide bonds. The van der Waals surface area contributed by atoms with E-state index in [4.69, 9.17) is 14.0 Å². The Morgan fingerprint density at radius 2 is 1.77 bits per heavy atom. The molecule has 5 heteroatoms. The van der Waals surface area contributed by atoms with Crippen LogP contribution in [-0.2, 0) is 14.0 Å². The molecule has 2 aliphatic rings. The summed E-state index contributed by atoms with van der Waals surface area (Å²) in [7, 11) is 0.854. The Hall–Kier alpha value is -1.33. The second kappa shape index (κ2) is 5.10. The Bertz CT molecular complexity index is 589. The number of carbonyl (C=O) groups is 1. The highest BCUT2D eigenvalue weighted by Crippen LogP contribution is 2.41. The molecule has 2 fully saturated rings. The molecule has 1 aliphatic carbocycles. The summed E-state index contributed by atoms with van der Waals surface area (Å²) in [5.41, 5.74) is 1.63. The van der Waals surface area contributed by atoms with Crippen LogP contribution >= 0.6 is 0 Å². The third-order valence-corrected chi connectivity index (χ3v) is 5.04. The fourth-order valence-corrected chi connectivity index (χ4v) is 2.71. The second-order valence-corrected chi connectivity index (χ2v) is 7.20. The van der Waals surface area contributed by atoms with E-state index in [-0.39, 0.29) is 5.97 Å². The van der Waals surface area contributed by atoms with Crippen LogP contribution in [0.3, 0.4) is 0 Å². The number of ether oxygens (including phenoxy) is 1. The summed E-state index contributed by atoms with van der Waals surface area (Å²) in [4.78, 5) is 12.2. The van der Waals surface area contributed by atoms with E-state index < -0.39 is 18.3 Å². The van der Waals surface area contributed by atoms with E-state index in [0.29, 0.717) is 11.5 Å². The first-order valence-corrected chi connectivity index (χ1v) is 7.83. The summed E-state index contributed by atoms with van der Waals surface area (Å²) < 4.78 is 17.1. The van der Waals surface area contributed by atoms with E-state index in [1.165, 1.54) is 25.5 Å². The summed E-state index contributed by atoms with van der Waals surface area (Å²) in [5, 5.41) is 0. The summed E-state index contributed by atoms with van der Waals surface area (Å²) >= 11 is 0. The number of benzene rings is 1. The van der Waals surface area contributed by atoms with E-state index in [1.807, 2.05) is 39.8 Å². The van der Waals surface area contributed by atoms with Crippen LogP contribution in [-0.4, -0.2) is 31.4 Å². The number of esters is 1. The third kappa shape index (κ3) is 2.57. The van der Waals surface area contributed by atoms with Crippen molar-refractivity contribution < 1.29 is 18.8 Å². The van der Waals surface area contributed by atoms with E-state index in [2.05, 4.69) is 6.07 Å². The lowest BCUT2D eigenvalue weighted by molar-refractivity contribution is 0.00578. The number of carbonyl (C=O) groups excluding carboxylic acids is 1. The highest BCUT2D eigenvalue weighted by molar-refractivity contribution is 6.63. The molecule has 1 saturated carbocycles. The number of rotatable bonds is 3. The molecule has 1 aromatic rings. The molecule has 0 N–H and O–H groups in total. The highest BCUT2D eigenvalue weighted by Gasteiger charge is 2.52. The number of hydrogen-bond acceptors (Lipinski definition) is 4. The minimum Gasteiger partial charge on any atom is -0.465 e. The van der Waals surface area contributed by atoms with Crippen LogP contribution in [0.5, 0.6) is 0 Å². The zero-order valence-corrected chi connectivity index (χ0v) is 13.9. The monoisotopic (exact) mass is 302 g/mol. The molecule has 0 bridgehead atoms. The first kappa shape index (κ1) is 15.6. The Morgan fingerprint density at radius 3 is 2.27 bits per heavy atom. The van der Waals surface area contributed by atoms with Crippen LogP contribution < -0.4 is 5.46 Å². The minimum atomic E-state index is -0.549. The van der Waals surface area contributed by atoms with Crippen molar-refractivity contribution in [1.29, 1.82) is 0 Å². The Kier molecular flexibility index (Phi) is 3.61. The van der Waals surface area contributed by atoms with Gasteiger partial charge in [-0.15, -0.1) is 0 Å². The van der Waals surface area contributed by atoms with Crippen molar-refractivity contribution in [2.24, 2.45) is 0 Å².